The van der Waals surface area contributed by atoms with Crippen LogP contribution in [0.15, 0.2) is 53.6 Å². The van der Waals surface area contributed by atoms with Gasteiger partial charge in [-0.25, -0.2) is 31.9 Å². The molecule has 1 aromatic heterocycles. The van der Waals surface area contributed by atoms with E-state index in [0.29, 0.717) is 27.7 Å². The average Bonchev–Trinajstić information content (AvgIpc) is 2.78. The summed E-state index contributed by atoms with van der Waals surface area (Å²) in [6.07, 6.45) is 0.488. The number of benzene rings is 3. The van der Waals surface area contributed by atoms with E-state index in [-0.39, 0.29) is 11.6 Å². The fraction of sp³-hybridized carbons (Fsp3) is 0. The molecule has 0 radical (unpaired) electrons. The molecule has 4 nitrogen and oxygen atoms in total. The lowest BCUT2D eigenvalue weighted by Crippen LogP contribution is -2.07. The van der Waals surface area contributed by atoms with Crippen molar-refractivity contribution in [3.63, 3.8) is 0 Å². The van der Waals surface area contributed by atoms with Crippen molar-refractivity contribution in [2.75, 3.05) is 5.43 Å². The fourth-order valence-corrected chi connectivity index (χ4v) is 3.04. The van der Waals surface area contributed by atoms with Crippen LogP contribution in [0.5, 0.6) is 0 Å². The summed E-state index contributed by atoms with van der Waals surface area (Å²) < 4.78 is 67.6. The number of nitrogens with one attached hydrogen (secondary N) is 1. The Bertz CT molecular complexity index is 1310. The van der Waals surface area contributed by atoms with Crippen molar-refractivity contribution in [1.29, 1.82) is 0 Å². The van der Waals surface area contributed by atoms with E-state index in [9.17, 15) is 22.0 Å². The highest BCUT2D eigenvalue weighted by Gasteiger charge is 2.24. The molecule has 0 amide bonds. The second-order valence-corrected chi connectivity index (χ2v) is 6.65. The summed E-state index contributed by atoms with van der Waals surface area (Å²) in [5.74, 6) is -9.97. The Morgan fingerprint density at radius 2 is 1.39 bits per heavy atom. The van der Waals surface area contributed by atoms with Gasteiger partial charge in [0.25, 0.3) is 0 Å². The molecular formula is C21H10ClF5N4. The van der Waals surface area contributed by atoms with Crippen molar-refractivity contribution in [2.24, 2.45) is 5.10 Å². The van der Waals surface area contributed by atoms with Gasteiger partial charge in [0.2, 0.25) is 5.82 Å². The van der Waals surface area contributed by atoms with Gasteiger partial charge < -0.3 is 0 Å². The summed E-state index contributed by atoms with van der Waals surface area (Å²) >= 11 is 6.21. The molecule has 0 aliphatic rings. The van der Waals surface area contributed by atoms with Crippen molar-refractivity contribution in [2.45, 2.75) is 0 Å². The van der Waals surface area contributed by atoms with Crippen LogP contribution in [0.3, 0.4) is 0 Å². The molecule has 31 heavy (non-hydrogen) atoms. The van der Waals surface area contributed by atoms with Gasteiger partial charge in [0.05, 0.1) is 22.3 Å². The smallest absolute Gasteiger partial charge is 0.200 e. The minimum absolute atomic E-state index is 0.139. The Labute approximate surface area is 177 Å². The van der Waals surface area contributed by atoms with Crippen molar-refractivity contribution in [3.05, 3.63) is 88.2 Å². The molecule has 0 atom stereocenters. The van der Waals surface area contributed by atoms with E-state index >= 15 is 0 Å². The number of para-hydroxylation sites is 1. The molecule has 0 aliphatic carbocycles. The topological polar surface area (TPSA) is 50.2 Å². The van der Waals surface area contributed by atoms with Crippen LogP contribution in [0, 0.1) is 29.1 Å². The van der Waals surface area contributed by atoms with Crippen molar-refractivity contribution >= 4 is 34.5 Å². The second-order valence-electron chi connectivity index (χ2n) is 6.25. The Morgan fingerprint density at radius 3 is 2.10 bits per heavy atom. The van der Waals surface area contributed by atoms with Gasteiger partial charge in [0.1, 0.15) is 0 Å². The van der Waals surface area contributed by atoms with Crippen LogP contribution in [0.25, 0.3) is 22.3 Å². The molecule has 0 spiro atoms. The SMILES string of the molecule is Fc1c(F)c(F)c(C=NNc2nc(-c3ccccc3Cl)nc3ccccc23)c(F)c1F. The average molecular weight is 449 g/mol. The minimum Gasteiger partial charge on any atom is -0.261 e. The zero-order valence-electron chi connectivity index (χ0n) is 15.3. The summed E-state index contributed by atoms with van der Waals surface area (Å²) in [7, 11) is 0. The third kappa shape index (κ3) is 3.79. The highest BCUT2D eigenvalue weighted by Crippen LogP contribution is 2.29. The predicted octanol–water partition coefficient (Wildman–Crippen LogP) is 6.09. The van der Waals surface area contributed by atoms with Crippen molar-refractivity contribution in [3.8, 4) is 11.4 Å². The number of hydrazone groups is 1. The highest BCUT2D eigenvalue weighted by atomic mass is 35.5. The van der Waals surface area contributed by atoms with Gasteiger partial charge in [0, 0.05) is 10.9 Å². The molecule has 10 heteroatoms. The van der Waals surface area contributed by atoms with Crippen LogP contribution >= 0.6 is 11.6 Å². The number of aromatic nitrogens is 2. The van der Waals surface area contributed by atoms with E-state index in [1.807, 2.05) is 0 Å². The van der Waals surface area contributed by atoms with Gasteiger partial charge in [-0.3, -0.25) is 5.43 Å². The van der Waals surface area contributed by atoms with Crippen LogP contribution in [-0.2, 0) is 0 Å². The summed E-state index contributed by atoms with van der Waals surface area (Å²) in [5.41, 5.74) is 2.34. The lowest BCUT2D eigenvalue weighted by Gasteiger charge is -2.09. The zero-order chi connectivity index (χ0) is 22.1. The van der Waals surface area contributed by atoms with E-state index in [4.69, 9.17) is 11.6 Å². The Balaban J connectivity index is 1.77. The molecule has 1 heterocycles. The Kier molecular flexibility index (Phi) is 5.51. The quantitative estimate of drug-likeness (QED) is 0.135. The van der Waals surface area contributed by atoms with Crippen LogP contribution in [0.2, 0.25) is 5.02 Å². The molecule has 0 saturated heterocycles. The summed E-state index contributed by atoms with van der Waals surface area (Å²) in [5, 5.41) is 4.52. The largest absolute Gasteiger partial charge is 0.261 e. The molecule has 0 unspecified atom stereocenters. The van der Waals surface area contributed by atoms with Gasteiger partial charge in [-0.2, -0.15) is 5.10 Å². The van der Waals surface area contributed by atoms with Crippen LogP contribution in [-0.4, -0.2) is 16.2 Å². The van der Waals surface area contributed by atoms with Crippen molar-refractivity contribution in [1.82, 2.24) is 9.97 Å². The Hall–Kier alpha value is -3.59. The van der Waals surface area contributed by atoms with Gasteiger partial charge in [-0.05, 0) is 24.3 Å². The number of rotatable bonds is 4. The standard InChI is InChI=1S/C21H10ClF5N4/c22-13-7-3-1-5-10(13)20-29-14-8-4-2-6-11(14)21(30-20)31-28-9-12-15(23)17(25)19(27)18(26)16(12)24/h1-9H,(H,29,30,31). The van der Waals surface area contributed by atoms with E-state index in [1.54, 1.807) is 48.5 Å². The molecule has 0 saturated carbocycles. The summed E-state index contributed by atoms with van der Waals surface area (Å²) in [6, 6.07) is 13.7. The molecule has 0 fully saturated rings. The third-order valence-electron chi connectivity index (χ3n) is 4.33. The van der Waals surface area contributed by atoms with Crippen molar-refractivity contribution < 1.29 is 22.0 Å². The third-order valence-corrected chi connectivity index (χ3v) is 4.66. The molecule has 4 rings (SSSR count). The van der Waals surface area contributed by atoms with E-state index < -0.39 is 34.6 Å². The highest BCUT2D eigenvalue weighted by molar-refractivity contribution is 6.33. The zero-order valence-corrected chi connectivity index (χ0v) is 16.1. The van der Waals surface area contributed by atoms with Crippen LogP contribution in [0.1, 0.15) is 5.56 Å². The number of hydrogen-bond acceptors (Lipinski definition) is 4. The molecule has 156 valence electrons. The van der Waals surface area contributed by atoms with Gasteiger partial charge in [-0.1, -0.05) is 35.9 Å². The predicted molar refractivity (Wildman–Crippen MR) is 107 cm³/mol. The molecule has 0 aliphatic heterocycles. The number of anilines is 1. The maximum Gasteiger partial charge on any atom is 0.200 e. The summed E-state index contributed by atoms with van der Waals surface area (Å²) in [6.45, 7) is 0. The van der Waals surface area contributed by atoms with Gasteiger partial charge in [-0.15, -0.1) is 0 Å². The monoisotopic (exact) mass is 448 g/mol. The number of hydrogen-bond donors (Lipinski definition) is 1. The molecule has 0 bridgehead atoms. The number of halogens is 6. The van der Waals surface area contributed by atoms with E-state index in [0.717, 1.165) is 0 Å². The molecular weight excluding hydrogens is 439 g/mol. The number of fused-ring (bicyclic) bond motifs is 1. The lowest BCUT2D eigenvalue weighted by atomic mass is 10.2. The first kappa shape index (κ1) is 20.7. The minimum atomic E-state index is -2.24. The first-order chi connectivity index (χ1) is 14.9. The lowest BCUT2D eigenvalue weighted by molar-refractivity contribution is 0.377. The normalized spacial score (nSPS) is 11.4. The first-order valence-electron chi connectivity index (χ1n) is 8.70. The molecule has 1 N–H and O–H groups in total. The fourth-order valence-electron chi connectivity index (χ4n) is 2.82. The van der Waals surface area contributed by atoms with E-state index in [2.05, 4.69) is 20.5 Å². The molecule has 4 aromatic rings. The Morgan fingerprint density at radius 1 is 0.774 bits per heavy atom. The maximum absolute atomic E-state index is 13.8. The van der Waals surface area contributed by atoms with Crippen LogP contribution in [0.4, 0.5) is 27.8 Å². The second kappa shape index (κ2) is 8.27. The maximum atomic E-state index is 13.8. The van der Waals surface area contributed by atoms with Gasteiger partial charge >= 0.3 is 0 Å². The molecule has 3 aromatic carbocycles. The van der Waals surface area contributed by atoms with Crippen LogP contribution < -0.4 is 5.43 Å². The van der Waals surface area contributed by atoms with Gasteiger partial charge in [0.15, 0.2) is 34.9 Å². The summed E-state index contributed by atoms with van der Waals surface area (Å²) in [4.78, 5) is 8.79. The number of nitrogens with zero attached hydrogens (tertiary/aromatic N) is 3. The van der Waals surface area contributed by atoms with E-state index in [1.165, 1.54) is 0 Å². The first-order valence-corrected chi connectivity index (χ1v) is 9.08.